The molecular weight excluding hydrogens is 242 g/mol. The zero-order valence-corrected chi connectivity index (χ0v) is 11.5. The first-order valence-electron chi connectivity index (χ1n) is 6.69. The Kier molecular flexibility index (Phi) is 3.66. The first kappa shape index (κ1) is 13.7. The van der Waals surface area contributed by atoms with Gasteiger partial charge in [0.15, 0.2) is 5.60 Å². The van der Waals surface area contributed by atoms with Gasteiger partial charge in [-0.1, -0.05) is 19.9 Å². The van der Waals surface area contributed by atoms with Gasteiger partial charge in [0.05, 0.1) is 5.69 Å². The van der Waals surface area contributed by atoms with Crippen molar-refractivity contribution in [2.75, 3.05) is 23.7 Å². The lowest BCUT2D eigenvalue weighted by Gasteiger charge is -2.42. The number of carbonyl (C=O) groups is 1. The van der Waals surface area contributed by atoms with Crippen molar-refractivity contribution in [3.63, 3.8) is 0 Å². The third-order valence-corrected chi connectivity index (χ3v) is 3.74. The Morgan fingerprint density at radius 1 is 1.32 bits per heavy atom. The van der Waals surface area contributed by atoms with Gasteiger partial charge in [0.1, 0.15) is 11.4 Å². The van der Waals surface area contributed by atoms with Crippen molar-refractivity contribution < 1.29 is 9.53 Å². The van der Waals surface area contributed by atoms with Crippen LogP contribution in [-0.4, -0.2) is 24.6 Å². The fourth-order valence-electron chi connectivity index (χ4n) is 2.55. The topological polar surface area (TPSA) is 81.6 Å². The van der Waals surface area contributed by atoms with E-state index in [1.807, 2.05) is 26.0 Å². The standard InChI is InChI=1S/C14H21N3O2/c1-3-14(4-2)13(18)17(9-8-15)12-10(16)6-5-7-11(12)19-14/h5-7H,3-4,8-9,15-16H2,1-2H3. The fraction of sp³-hybridized carbons (Fsp3) is 0.500. The molecule has 19 heavy (non-hydrogen) atoms. The van der Waals surface area contributed by atoms with Crippen LogP contribution in [0.4, 0.5) is 11.4 Å². The monoisotopic (exact) mass is 263 g/mol. The van der Waals surface area contributed by atoms with Gasteiger partial charge in [-0.05, 0) is 25.0 Å². The van der Waals surface area contributed by atoms with Gasteiger partial charge in [-0.25, -0.2) is 0 Å². The van der Waals surface area contributed by atoms with Crippen LogP contribution in [-0.2, 0) is 4.79 Å². The van der Waals surface area contributed by atoms with Crippen LogP contribution >= 0.6 is 0 Å². The molecule has 0 radical (unpaired) electrons. The number of benzene rings is 1. The molecule has 0 atom stereocenters. The molecule has 0 bridgehead atoms. The van der Waals surface area contributed by atoms with E-state index < -0.39 is 5.60 Å². The van der Waals surface area contributed by atoms with Crippen molar-refractivity contribution in [3.05, 3.63) is 18.2 Å². The largest absolute Gasteiger partial charge is 0.475 e. The molecule has 1 aromatic carbocycles. The molecule has 104 valence electrons. The number of nitrogen functional groups attached to an aromatic ring is 1. The number of amides is 1. The lowest BCUT2D eigenvalue weighted by molar-refractivity contribution is -0.136. The highest BCUT2D eigenvalue weighted by Crippen LogP contribution is 2.43. The molecule has 5 nitrogen and oxygen atoms in total. The summed E-state index contributed by atoms with van der Waals surface area (Å²) in [4.78, 5) is 14.4. The highest BCUT2D eigenvalue weighted by Gasteiger charge is 2.46. The van der Waals surface area contributed by atoms with Gasteiger partial charge in [-0.15, -0.1) is 0 Å². The van der Waals surface area contributed by atoms with Gasteiger partial charge in [0, 0.05) is 13.1 Å². The van der Waals surface area contributed by atoms with Crippen LogP contribution < -0.4 is 21.1 Å². The van der Waals surface area contributed by atoms with Crippen molar-refractivity contribution in [2.45, 2.75) is 32.3 Å². The van der Waals surface area contributed by atoms with Gasteiger partial charge in [-0.3, -0.25) is 4.79 Å². The molecule has 0 saturated heterocycles. The third-order valence-electron chi connectivity index (χ3n) is 3.74. The molecule has 1 amide bonds. The van der Waals surface area contributed by atoms with Crippen LogP contribution in [0.5, 0.6) is 5.75 Å². The van der Waals surface area contributed by atoms with E-state index in [4.69, 9.17) is 16.2 Å². The lowest BCUT2D eigenvalue weighted by Crippen LogP contribution is -2.56. The van der Waals surface area contributed by atoms with Crippen LogP contribution in [0.15, 0.2) is 18.2 Å². The summed E-state index contributed by atoms with van der Waals surface area (Å²) >= 11 is 0. The van der Waals surface area contributed by atoms with Crippen molar-refractivity contribution >= 4 is 17.3 Å². The summed E-state index contributed by atoms with van der Waals surface area (Å²) in [5, 5.41) is 0. The summed E-state index contributed by atoms with van der Waals surface area (Å²) in [5.74, 6) is 0.616. The highest BCUT2D eigenvalue weighted by atomic mass is 16.5. The van der Waals surface area contributed by atoms with Crippen molar-refractivity contribution in [1.29, 1.82) is 0 Å². The molecule has 0 saturated carbocycles. The van der Waals surface area contributed by atoms with Gasteiger partial charge in [-0.2, -0.15) is 0 Å². The molecule has 0 aromatic heterocycles. The Morgan fingerprint density at radius 2 is 2.00 bits per heavy atom. The van der Waals surface area contributed by atoms with Gasteiger partial charge in [0.2, 0.25) is 0 Å². The van der Waals surface area contributed by atoms with E-state index in [2.05, 4.69) is 0 Å². The molecule has 1 aromatic rings. The average Bonchev–Trinajstić information content (AvgIpc) is 2.42. The maximum atomic E-state index is 12.7. The maximum Gasteiger partial charge on any atom is 0.271 e. The molecule has 1 aliphatic rings. The number of anilines is 2. The molecule has 0 spiro atoms. The summed E-state index contributed by atoms with van der Waals surface area (Å²) in [6.45, 7) is 4.76. The maximum absolute atomic E-state index is 12.7. The molecule has 1 aliphatic heterocycles. The Balaban J connectivity index is 2.56. The van der Waals surface area contributed by atoms with E-state index in [0.717, 1.165) is 0 Å². The second-order valence-electron chi connectivity index (χ2n) is 4.74. The average molecular weight is 263 g/mol. The summed E-state index contributed by atoms with van der Waals surface area (Å²) in [5.41, 5.74) is 12.0. The first-order chi connectivity index (χ1) is 9.09. The van der Waals surface area contributed by atoms with E-state index in [9.17, 15) is 4.79 Å². The van der Waals surface area contributed by atoms with Crippen molar-refractivity contribution in [3.8, 4) is 5.75 Å². The number of hydrogen-bond acceptors (Lipinski definition) is 4. The number of nitrogens with zero attached hydrogens (tertiary/aromatic N) is 1. The molecule has 0 aliphatic carbocycles. The second-order valence-corrected chi connectivity index (χ2v) is 4.74. The smallest absolute Gasteiger partial charge is 0.271 e. The minimum atomic E-state index is -0.796. The van der Waals surface area contributed by atoms with Crippen LogP contribution in [0.2, 0.25) is 0 Å². The molecule has 0 unspecified atom stereocenters. The number of hydrogen-bond donors (Lipinski definition) is 2. The lowest BCUT2D eigenvalue weighted by atomic mass is 9.92. The summed E-state index contributed by atoms with van der Waals surface area (Å²) in [7, 11) is 0. The van der Waals surface area contributed by atoms with E-state index in [-0.39, 0.29) is 5.91 Å². The van der Waals surface area contributed by atoms with E-state index in [1.54, 1.807) is 11.0 Å². The summed E-state index contributed by atoms with van der Waals surface area (Å²) < 4.78 is 5.98. The number of carbonyl (C=O) groups excluding carboxylic acids is 1. The minimum Gasteiger partial charge on any atom is -0.475 e. The Labute approximate surface area is 113 Å². The van der Waals surface area contributed by atoms with Crippen molar-refractivity contribution in [2.24, 2.45) is 5.73 Å². The molecule has 1 heterocycles. The molecule has 4 N–H and O–H groups in total. The number of ether oxygens (including phenoxy) is 1. The third kappa shape index (κ3) is 2.04. The Bertz CT molecular complexity index is 484. The molecular formula is C14H21N3O2. The number of nitrogens with two attached hydrogens (primary N) is 2. The fourth-order valence-corrected chi connectivity index (χ4v) is 2.55. The van der Waals surface area contributed by atoms with Gasteiger partial charge < -0.3 is 21.1 Å². The van der Waals surface area contributed by atoms with Gasteiger partial charge in [0.25, 0.3) is 5.91 Å². The predicted molar refractivity (Wildman–Crippen MR) is 76.2 cm³/mol. The molecule has 5 heteroatoms. The first-order valence-corrected chi connectivity index (χ1v) is 6.69. The number of fused-ring (bicyclic) bond motifs is 1. The van der Waals surface area contributed by atoms with Crippen LogP contribution in [0.1, 0.15) is 26.7 Å². The zero-order valence-electron chi connectivity index (χ0n) is 11.5. The number of rotatable bonds is 4. The SMILES string of the molecule is CCC1(CC)Oc2cccc(N)c2N(CCN)C1=O. The normalized spacial score (nSPS) is 17.0. The van der Waals surface area contributed by atoms with Crippen LogP contribution in [0, 0.1) is 0 Å². The quantitative estimate of drug-likeness (QED) is 0.807. The van der Waals surface area contributed by atoms with E-state index in [0.29, 0.717) is 43.1 Å². The minimum absolute atomic E-state index is 0.0478. The van der Waals surface area contributed by atoms with Crippen molar-refractivity contribution in [1.82, 2.24) is 0 Å². The van der Waals surface area contributed by atoms with E-state index in [1.165, 1.54) is 0 Å². The Morgan fingerprint density at radius 3 is 2.58 bits per heavy atom. The number of para-hydroxylation sites is 1. The Hall–Kier alpha value is -1.75. The summed E-state index contributed by atoms with van der Waals surface area (Å²) in [6, 6.07) is 5.45. The highest BCUT2D eigenvalue weighted by molar-refractivity contribution is 6.05. The second kappa shape index (κ2) is 5.09. The predicted octanol–water partition coefficient (Wildman–Crippen LogP) is 1.51. The van der Waals surface area contributed by atoms with E-state index >= 15 is 0 Å². The molecule has 2 rings (SSSR count). The van der Waals surface area contributed by atoms with Crippen LogP contribution in [0.25, 0.3) is 0 Å². The molecule has 0 fully saturated rings. The van der Waals surface area contributed by atoms with Crippen LogP contribution in [0.3, 0.4) is 0 Å². The summed E-state index contributed by atoms with van der Waals surface area (Å²) in [6.07, 6.45) is 1.25. The van der Waals surface area contributed by atoms with Gasteiger partial charge >= 0.3 is 0 Å². The zero-order chi connectivity index (χ0) is 14.0.